The number of aromatic nitrogens is 4. The van der Waals surface area contributed by atoms with Gasteiger partial charge in [0.1, 0.15) is 0 Å². The molecule has 14 aromatic rings. The molecule has 0 unspecified atom stereocenters. The van der Waals surface area contributed by atoms with Gasteiger partial charge < -0.3 is 18.3 Å². The van der Waals surface area contributed by atoms with Gasteiger partial charge in [-0.3, -0.25) is 9.59 Å². The van der Waals surface area contributed by atoms with Crippen molar-refractivity contribution in [1.29, 1.82) is 0 Å². The fraction of sp³-hybridized carbons (Fsp3) is 0. The molecule has 0 saturated carbocycles. The summed E-state index contributed by atoms with van der Waals surface area (Å²) in [5, 5.41) is 9.29. The Morgan fingerprint density at radius 3 is 0.750 bits per heavy atom. The van der Waals surface area contributed by atoms with Crippen LogP contribution in [0.15, 0.2) is 218 Å². The van der Waals surface area contributed by atoms with E-state index in [1.54, 1.807) is 0 Å². The number of benzene rings is 10. The second-order valence-corrected chi connectivity index (χ2v) is 18.0. The zero-order chi connectivity index (χ0) is 44.8. The van der Waals surface area contributed by atoms with Crippen molar-refractivity contribution in [3.63, 3.8) is 0 Å². The predicted octanol–water partition coefficient (Wildman–Crippen LogP) is 14.9. The number of carbonyl (C=O) groups excluding carboxylic acids is 2. The first-order valence-electron chi connectivity index (χ1n) is 23.0. The summed E-state index contributed by atoms with van der Waals surface area (Å²) in [6.07, 6.45) is 0. The monoisotopic (exact) mass is 868 g/mol. The van der Waals surface area contributed by atoms with Crippen LogP contribution in [0, 0.1) is 0 Å². The van der Waals surface area contributed by atoms with Crippen LogP contribution in [0.3, 0.4) is 0 Å². The Bertz CT molecular complexity index is 4160. The fourth-order valence-corrected chi connectivity index (χ4v) is 11.6. The second kappa shape index (κ2) is 13.6. The van der Waals surface area contributed by atoms with Crippen LogP contribution < -0.4 is 0 Å². The lowest BCUT2D eigenvalue weighted by atomic mass is 9.83. The molecule has 1 aliphatic rings. The minimum atomic E-state index is -0.157. The Hall–Kier alpha value is -9.26. The van der Waals surface area contributed by atoms with Crippen LogP contribution in [-0.2, 0) is 0 Å². The Labute approximate surface area is 388 Å². The molecule has 68 heavy (non-hydrogen) atoms. The number of ketones is 2. The van der Waals surface area contributed by atoms with Gasteiger partial charge in [0.25, 0.3) is 0 Å². The van der Waals surface area contributed by atoms with Crippen molar-refractivity contribution < 1.29 is 9.59 Å². The van der Waals surface area contributed by atoms with Gasteiger partial charge in [-0.2, -0.15) is 0 Å². The molecule has 1 aliphatic carbocycles. The van der Waals surface area contributed by atoms with Gasteiger partial charge in [0.2, 0.25) is 0 Å². The van der Waals surface area contributed by atoms with Gasteiger partial charge in [0, 0.05) is 88.1 Å². The first-order valence-corrected chi connectivity index (χ1v) is 23.0. The zero-order valence-corrected chi connectivity index (χ0v) is 36.4. The lowest BCUT2D eigenvalue weighted by Crippen LogP contribution is -2.21. The first kappa shape index (κ1) is 37.0. The summed E-state index contributed by atoms with van der Waals surface area (Å²) in [6, 6.07) is 75.7. The molecule has 0 bridgehead atoms. The van der Waals surface area contributed by atoms with E-state index in [9.17, 15) is 9.59 Å². The number of carbonyl (C=O) groups is 2. The molecule has 10 aromatic carbocycles. The molecule has 0 saturated heterocycles. The van der Waals surface area contributed by atoms with Crippen LogP contribution in [0.25, 0.3) is 110 Å². The van der Waals surface area contributed by atoms with Crippen molar-refractivity contribution in [2.75, 3.05) is 0 Å². The molecule has 0 radical (unpaired) electrons. The van der Waals surface area contributed by atoms with Crippen LogP contribution in [0.1, 0.15) is 31.8 Å². The molecule has 316 valence electrons. The molecule has 6 heteroatoms. The number of nitrogens with zero attached hydrogens (tertiary/aromatic N) is 4. The van der Waals surface area contributed by atoms with E-state index in [0.717, 1.165) is 88.4 Å². The highest BCUT2D eigenvalue weighted by Crippen LogP contribution is 2.41. The lowest BCUT2D eigenvalue weighted by Gasteiger charge is -2.20. The fourth-order valence-electron chi connectivity index (χ4n) is 11.6. The largest absolute Gasteiger partial charge is 0.309 e. The van der Waals surface area contributed by atoms with Crippen LogP contribution in [0.5, 0.6) is 0 Å². The molecule has 0 fully saturated rings. The molecule has 6 nitrogen and oxygen atoms in total. The number of para-hydroxylation sites is 6. The second-order valence-electron chi connectivity index (χ2n) is 18.0. The summed E-state index contributed by atoms with van der Waals surface area (Å²) in [5.41, 5.74) is 14.1. The molecule has 0 aliphatic heterocycles. The van der Waals surface area contributed by atoms with Gasteiger partial charge in [-0.25, -0.2) is 0 Å². The molecule has 0 N–H and O–H groups in total. The average molecular weight is 869 g/mol. The van der Waals surface area contributed by atoms with Gasteiger partial charge in [-0.05, 0) is 109 Å². The van der Waals surface area contributed by atoms with E-state index >= 15 is 0 Å². The SMILES string of the molecule is O=C1c2ccc(-n3c4ccccc4c4cc(-n5c6ccccc6c6ccccc65)ccc43)cc2C(=O)c2ccc(-n3c4ccccc4c4cc(-n5c6ccccc6c6ccccc65)ccc43)cc21. The summed E-state index contributed by atoms with van der Waals surface area (Å²) in [5.74, 6) is -0.314. The van der Waals surface area contributed by atoms with Gasteiger partial charge in [0.15, 0.2) is 11.6 Å². The number of hydrogen-bond acceptors (Lipinski definition) is 2. The summed E-state index contributed by atoms with van der Waals surface area (Å²) < 4.78 is 9.11. The minimum absolute atomic E-state index is 0.157. The third-order valence-corrected chi connectivity index (χ3v) is 14.5. The molecule has 0 spiro atoms. The summed E-state index contributed by atoms with van der Waals surface area (Å²) >= 11 is 0. The van der Waals surface area contributed by atoms with Gasteiger partial charge in [0.05, 0.1) is 44.1 Å². The van der Waals surface area contributed by atoms with Crippen molar-refractivity contribution >= 4 is 98.8 Å². The van der Waals surface area contributed by atoms with E-state index in [1.165, 1.54) is 21.5 Å². The quantitative estimate of drug-likeness (QED) is 0.177. The normalized spacial score (nSPS) is 12.8. The summed E-state index contributed by atoms with van der Waals surface area (Å²) in [7, 11) is 0. The van der Waals surface area contributed by atoms with Crippen LogP contribution in [0.2, 0.25) is 0 Å². The third kappa shape index (κ3) is 4.95. The highest BCUT2D eigenvalue weighted by Gasteiger charge is 2.31. The van der Waals surface area contributed by atoms with Gasteiger partial charge >= 0.3 is 0 Å². The molecular weight excluding hydrogens is 833 g/mol. The van der Waals surface area contributed by atoms with E-state index in [1.807, 2.05) is 48.5 Å². The lowest BCUT2D eigenvalue weighted by molar-refractivity contribution is 0.0979. The van der Waals surface area contributed by atoms with E-state index in [0.29, 0.717) is 22.3 Å². The average Bonchev–Trinajstić information content (AvgIpc) is 4.12. The van der Waals surface area contributed by atoms with Gasteiger partial charge in [-0.15, -0.1) is 0 Å². The number of fused-ring (bicyclic) bond motifs is 14. The zero-order valence-electron chi connectivity index (χ0n) is 36.4. The molecule has 4 heterocycles. The first-order chi connectivity index (χ1) is 33.6. The van der Waals surface area contributed by atoms with Crippen molar-refractivity contribution in [2.45, 2.75) is 0 Å². The molecule has 0 atom stereocenters. The highest BCUT2D eigenvalue weighted by molar-refractivity contribution is 6.29. The number of hydrogen-bond donors (Lipinski definition) is 0. The molecule has 15 rings (SSSR count). The van der Waals surface area contributed by atoms with Crippen molar-refractivity contribution in [3.8, 4) is 22.7 Å². The molecule has 4 aromatic heterocycles. The van der Waals surface area contributed by atoms with Gasteiger partial charge in [-0.1, -0.05) is 109 Å². The maximum Gasteiger partial charge on any atom is 0.194 e. The van der Waals surface area contributed by atoms with E-state index in [-0.39, 0.29) is 11.6 Å². The standard InChI is InChI=1S/C62H36N4O2/c67-61-48-30-26-38(66-58-24-12-6-18-46(58)50-34-40(28-32-60(50)66)64-55-21-9-3-15-43(55)44-16-4-10-22-56(44)64)36-52(48)62(68)47-29-25-37(35-51(47)61)65-57-23-11-5-17-45(57)49-33-39(27-31-59(49)65)63-53-19-7-1-13-41(53)42-14-2-8-20-54(42)63/h1-36H. The Morgan fingerprint density at radius 2 is 0.441 bits per heavy atom. The Kier molecular flexibility index (Phi) is 7.42. The summed E-state index contributed by atoms with van der Waals surface area (Å²) in [4.78, 5) is 29.4. The molecular formula is C62H36N4O2. The highest BCUT2D eigenvalue weighted by atomic mass is 16.1. The summed E-state index contributed by atoms with van der Waals surface area (Å²) in [6.45, 7) is 0. The van der Waals surface area contributed by atoms with Crippen LogP contribution in [0.4, 0.5) is 0 Å². The van der Waals surface area contributed by atoms with Crippen molar-refractivity contribution in [2.24, 2.45) is 0 Å². The Balaban J connectivity index is 0.838. The third-order valence-electron chi connectivity index (χ3n) is 14.5. The maximum atomic E-state index is 14.7. The maximum absolute atomic E-state index is 14.7. The minimum Gasteiger partial charge on any atom is -0.309 e. The van der Waals surface area contributed by atoms with E-state index in [2.05, 4.69) is 188 Å². The van der Waals surface area contributed by atoms with Crippen molar-refractivity contribution in [3.05, 3.63) is 241 Å². The van der Waals surface area contributed by atoms with E-state index < -0.39 is 0 Å². The van der Waals surface area contributed by atoms with Crippen LogP contribution >= 0.6 is 0 Å². The van der Waals surface area contributed by atoms with Crippen LogP contribution in [-0.4, -0.2) is 29.8 Å². The van der Waals surface area contributed by atoms with E-state index in [4.69, 9.17) is 0 Å². The molecule has 0 amide bonds. The number of rotatable bonds is 4. The smallest absolute Gasteiger partial charge is 0.194 e. The predicted molar refractivity (Wildman–Crippen MR) is 277 cm³/mol. The Morgan fingerprint density at radius 1 is 0.206 bits per heavy atom. The van der Waals surface area contributed by atoms with Crippen molar-refractivity contribution in [1.82, 2.24) is 18.3 Å². The topological polar surface area (TPSA) is 53.9 Å².